The van der Waals surface area contributed by atoms with Crippen LogP contribution in [0.2, 0.25) is 0 Å². The van der Waals surface area contributed by atoms with Crippen LogP contribution in [0.25, 0.3) is 0 Å². The number of nitrogens with zero attached hydrogens (tertiary/aromatic N) is 1. The number of halogens is 2. The smallest absolute Gasteiger partial charge is 0.337 e. The van der Waals surface area contributed by atoms with Crippen molar-refractivity contribution in [3.63, 3.8) is 0 Å². The van der Waals surface area contributed by atoms with E-state index in [4.69, 9.17) is 0 Å². The van der Waals surface area contributed by atoms with Crippen LogP contribution in [0.4, 0.5) is 10.1 Å². The third-order valence-corrected chi connectivity index (χ3v) is 2.46. The molecule has 0 aliphatic heterocycles. The molecule has 1 rings (SSSR count). The van der Waals surface area contributed by atoms with Crippen LogP contribution < -0.4 is 2.70 Å². The SMILES string of the molecule is COC(=O)c1ccc([N+](C)(C)I)c(F)c1. The Morgan fingerprint density at radius 1 is 1.47 bits per heavy atom. The number of carbonyl (C=O) groups is 1. The van der Waals surface area contributed by atoms with E-state index in [0.717, 1.165) is 0 Å². The van der Waals surface area contributed by atoms with E-state index in [1.807, 2.05) is 14.1 Å². The summed E-state index contributed by atoms with van der Waals surface area (Å²) < 4.78 is 18.5. The Balaban J connectivity index is 3.15. The lowest BCUT2D eigenvalue weighted by atomic mass is 10.2. The van der Waals surface area contributed by atoms with Gasteiger partial charge in [-0.1, -0.05) is 0 Å². The van der Waals surface area contributed by atoms with Crippen molar-refractivity contribution in [2.24, 2.45) is 0 Å². The van der Waals surface area contributed by atoms with Crippen molar-refractivity contribution in [1.29, 1.82) is 0 Å². The highest BCUT2D eigenvalue weighted by molar-refractivity contribution is 14.1. The average Bonchev–Trinajstić information content (AvgIpc) is 2.14. The Morgan fingerprint density at radius 3 is 2.47 bits per heavy atom. The van der Waals surface area contributed by atoms with Gasteiger partial charge in [0.2, 0.25) is 0 Å². The quantitative estimate of drug-likeness (QED) is 0.475. The summed E-state index contributed by atoms with van der Waals surface area (Å²) in [7, 11) is 4.96. The zero-order chi connectivity index (χ0) is 11.6. The van der Waals surface area contributed by atoms with Gasteiger partial charge in [-0.15, -0.1) is 0 Å². The van der Waals surface area contributed by atoms with Gasteiger partial charge in [0.25, 0.3) is 22.9 Å². The Labute approximate surface area is 102 Å². The molecule has 0 amide bonds. The van der Waals surface area contributed by atoms with Crippen LogP contribution in [0, 0.1) is 5.82 Å². The predicted octanol–water partition coefficient (Wildman–Crippen LogP) is 2.53. The minimum atomic E-state index is -0.529. The van der Waals surface area contributed by atoms with Crippen LogP contribution in [0.3, 0.4) is 0 Å². The van der Waals surface area contributed by atoms with Crippen molar-refractivity contribution < 1.29 is 13.9 Å². The predicted molar refractivity (Wildman–Crippen MR) is 65.4 cm³/mol. The molecular weight excluding hydrogens is 312 g/mol. The van der Waals surface area contributed by atoms with Gasteiger partial charge in [0.05, 0.1) is 26.8 Å². The summed E-state index contributed by atoms with van der Waals surface area (Å²) >= 11 is 2.09. The van der Waals surface area contributed by atoms with E-state index in [2.05, 4.69) is 27.6 Å². The number of hydrogen-bond acceptors (Lipinski definition) is 2. The highest BCUT2D eigenvalue weighted by atomic mass is 127. The van der Waals surface area contributed by atoms with Crippen LogP contribution in [0.15, 0.2) is 18.2 Å². The van der Waals surface area contributed by atoms with Gasteiger partial charge in [0.1, 0.15) is 0 Å². The van der Waals surface area contributed by atoms with Crippen molar-refractivity contribution in [3.05, 3.63) is 29.6 Å². The van der Waals surface area contributed by atoms with Crippen molar-refractivity contribution in [2.75, 3.05) is 21.2 Å². The molecule has 0 aliphatic carbocycles. The number of ether oxygens (including phenoxy) is 1. The molecule has 15 heavy (non-hydrogen) atoms. The van der Waals surface area contributed by atoms with Gasteiger partial charge in [-0.3, -0.25) is 0 Å². The van der Waals surface area contributed by atoms with E-state index < -0.39 is 11.8 Å². The summed E-state index contributed by atoms with van der Waals surface area (Å²) in [5.74, 6) is -0.934. The Morgan fingerprint density at radius 2 is 2.07 bits per heavy atom. The van der Waals surface area contributed by atoms with Gasteiger partial charge < -0.3 is 4.74 Å². The molecule has 1 aromatic carbocycles. The monoisotopic (exact) mass is 324 g/mol. The number of esters is 1. The third kappa shape index (κ3) is 2.88. The minimum absolute atomic E-state index is 0.226. The largest absolute Gasteiger partial charge is 0.465 e. The molecule has 0 aromatic heterocycles. The van der Waals surface area contributed by atoms with E-state index in [0.29, 0.717) is 8.38 Å². The molecule has 0 saturated carbocycles. The van der Waals surface area contributed by atoms with Crippen molar-refractivity contribution >= 4 is 34.5 Å². The maximum atomic E-state index is 13.6. The molecule has 5 heteroatoms. The molecule has 0 atom stereocenters. The number of hydrogen-bond donors (Lipinski definition) is 0. The summed E-state index contributed by atoms with van der Waals surface area (Å²) in [6.45, 7) is 0. The van der Waals surface area contributed by atoms with Crippen LogP contribution in [0.1, 0.15) is 10.4 Å². The molecule has 0 radical (unpaired) electrons. The molecule has 0 N–H and O–H groups in total. The number of rotatable bonds is 2. The third-order valence-electron chi connectivity index (χ3n) is 1.94. The maximum absolute atomic E-state index is 13.6. The summed E-state index contributed by atoms with van der Waals surface area (Å²) in [5, 5.41) is 0. The lowest BCUT2D eigenvalue weighted by Crippen LogP contribution is -2.27. The molecule has 0 aliphatic rings. The standard InChI is InChI=1S/C10H12FINO2/c1-13(2,12)9-5-4-7(6-8(9)11)10(14)15-3/h4-6H,1-3H3/q+1. The number of benzene rings is 1. The molecule has 1 aromatic rings. The molecule has 0 heterocycles. The average molecular weight is 324 g/mol. The van der Waals surface area contributed by atoms with Crippen LogP contribution in [-0.2, 0) is 4.74 Å². The van der Waals surface area contributed by atoms with Crippen LogP contribution in [0.5, 0.6) is 0 Å². The second-order valence-corrected chi connectivity index (χ2v) is 5.89. The fraction of sp³-hybridized carbons (Fsp3) is 0.300. The molecule has 3 nitrogen and oxygen atoms in total. The highest BCUT2D eigenvalue weighted by Crippen LogP contribution is 2.27. The van der Waals surface area contributed by atoms with E-state index in [1.54, 1.807) is 12.1 Å². The first-order valence-corrected chi connectivity index (χ1v) is 5.25. The number of quaternary nitrogens is 1. The first-order chi connectivity index (χ1) is 6.86. The Kier molecular flexibility index (Phi) is 3.67. The molecule has 0 unspecified atom stereocenters. The normalized spacial score (nSPS) is 11.3. The first kappa shape index (κ1) is 12.4. The van der Waals surface area contributed by atoms with Gasteiger partial charge >= 0.3 is 5.97 Å². The first-order valence-electron chi connectivity index (χ1n) is 4.28. The summed E-state index contributed by atoms with van der Waals surface area (Å²) in [5.41, 5.74) is 0.742. The maximum Gasteiger partial charge on any atom is 0.337 e. The lowest BCUT2D eigenvalue weighted by molar-refractivity contribution is 0.0600. The van der Waals surface area contributed by atoms with E-state index in [1.165, 1.54) is 13.2 Å². The van der Waals surface area contributed by atoms with Gasteiger partial charge in [0.15, 0.2) is 11.5 Å². The minimum Gasteiger partial charge on any atom is -0.465 e. The molecule has 0 spiro atoms. The van der Waals surface area contributed by atoms with Gasteiger partial charge in [-0.25, -0.2) is 11.9 Å². The van der Waals surface area contributed by atoms with Gasteiger partial charge in [-0.05, 0) is 12.1 Å². The van der Waals surface area contributed by atoms with Gasteiger partial charge in [-0.2, -0.15) is 0 Å². The van der Waals surface area contributed by atoms with Crippen LogP contribution in [-0.4, -0.2) is 27.2 Å². The van der Waals surface area contributed by atoms with Crippen molar-refractivity contribution in [2.45, 2.75) is 0 Å². The topological polar surface area (TPSA) is 26.3 Å². The molecule has 82 valence electrons. The number of carbonyl (C=O) groups excluding carboxylic acids is 1. The van der Waals surface area contributed by atoms with E-state index >= 15 is 0 Å². The second-order valence-electron chi connectivity index (χ2n) is 3.47. The second kappa shape index (κ2) is 4.44. The van der Waals surface area contributed by atoms with Gasteiger partial charge in [0, 0.05) is 6.07 Å². The Bertz CT molecular complexity index is 387. The number of methoxy groups -OCH3 is 1. The highest BCUT2D eigenvalue weighted by Gasteiger charge is 2.22. The summed E-state index contributed by atoms with van der Waals surface area (Å²) in [6.07, 6.45) is 0. The summed E-state index contributed by atoms with van der Waals surface area (Å²) in [6, 6.07) is 4.34. The molecule has 0 saturated heterocycles. The van der Waals surface area contributed by atoms with E-state index in [9.17, 15) is 9.18 Å². The van der Waals surface area contributed by atoms with Crippen molar-refractivity contribution in [1.82, 2.24) is 2.70 Å². The van der Waals surface area contributed by atoms with Crippen LogP contribution >= 0.6 is 22.9 Å². The zero-order valence-corrected chi connectivity index (χ0v) is 10.9. The molecule has 0 bridgehead atoms. The Hall–Kier alpha value is -0.690. The summed E-state index contributed by atoms with van der Waals surface area (Å²) in [4.78, 5) is 11.1. The van der Waals surface area contributed by atoms with E-state index in [-0.39, 0.29) is 5.56 Å². The molecule has 0 fully saturated rings. The fourth-order valence-corrected chi connectivity index (χ4v) is 1.57. The fourth-order valence-electron chi connectivity index (χ4n) is 1.18. The van der Waals surface area contributed by atoms with Crippen molar-refractivity contribution in [3.8, 4) is 0 Å². The molecular formula is C10H12FINO2+. The zero-order valence-electron chi connectivity index (χ0n) is 8.75. The lowest BCUT2D eigenvalue weighted by Gasteiger charge is -2.19.